The summed E-state index contributed by atoms with van der Waals surface area (Å²) in [6.07, 6.45) is 3.58. The van der Waals surface area contributed by atoms with Gasteiger partial charge >= 0.3 is 6.08 Å². The minimum Gasteiger partial charge on any atom is -0.409 e. The van der Waals surface area contributed by atoms with E-state index < -0.39 is 0 Å². The molecule has 5 heteroatoms. The Hall–Kier alpha value is -2.30. The second-order valence-electron chi connectivity index (χ2n) is 3.40. The molecule has 0 spiro atoms. The highest BCUT2D eigenvalue weighted by Gasteiger charge is 2.07. The van der Waals surface area contributed by atoms with Crippen molar-refractivity contribution >= 4 is 11.1 Å². The number of fused-ring (bicyclic) bond motifs is 1. The molecule has 0 aliphatic carbocycles. The molecule has 0 N–H and O–H groups in total. The van der Waals surface area contributed by atoms with E-state index in [0.29, 0.717) is 11.3 Å². The Labute approximate surface area is 91.3 Å². The van der Waals surface area contributed by atoms with Gasteiger partial charge in [-0.1, -0.05) is 12.1 Å². The number of rotatable bonds is 2. The SMILES string of the molecule is Cn1cc(Oc2nc3ccccc3o2)cn1. The van der Waals surface area contributed by atoms with E-state index in [1.165, 1.54) is 0 Å². The van der Waals surface area contributed by atoms with Gasteiger partial charge in [-0.15, -0.1) is 0 Å². The van der Waals surface area contributed by atoms with Gasteiger partial charge < -0.3 is 9.15 Å². The van der Waals surface area contributed by atoms with Crippen molar-refractivity contribution in [3.63, 3.8) is 0 Å². The van der Waals surface area contributed by atoms with E-state index in [-0.39, 0.29) is 6.08 Å². The van der Waals surface area contributed by atoms with E-state index in [2.05, 4.69) is 10.1 Å². The molecule has 2 aromatic heterocycles. The molecule has 0 radical (unpaired) electrons. The van der Waals surface area contributed by atoms with E-state index in [0.717, 1.165) is 5.52 Å². The number of aromatic nitrogens is 3. The Morgan fingerprint density at radius 2 is 2.19 bits per heavy atom. The first-order chi connectivity index (χ1) is 7.81. The van der Waals surface area contributed by atoms with Crippen molar-refractivity contribution in [1.29, 1.82) is 0 Å². The van der Waals surface area contributed by atoms with Gasteiger partial charge in [0.05, 0.1) is 12.4 Å². The highest BCUT2D eigenvalue weighted by Crippen LogP contribution is 2.24. The van der Waals surface area contributed by atoms with Crippen molar-refractivity contribution in [3.8, 4) is 11.8 Å². The normalized spacial score (nSPS) is 10.8. The molecule has 0 unspecified atom stereocenters. The number of hydrogen-bond acceptors (Lipinski definition) is 4. The lowest BCUT2D eigenvalue weighted by atomic mass is 10.3. The number of oxazole rings is 1. The Kier molecular flexibility index (Phi) is 1.89. The van der Waals surface area contributed by atoms with Crippen molar-refractivity contribution in [2.45, 2.75) is 0 Å². The standard InChI is InChI=1S/C11H9N3O2/c1-14-7-8(6-12-14)15-11-13-9-4-2-3-5-10(9)16-11/h2-7H,1H3. The van der Waals surface area contributed by atoms with Gasteiger partial charge in [0.15, 0.2) is 11.3 Å². The molecule has 5 nitrogen and oxygen atoms in total. The Morgan fingerprint density at radius 1 is 1.31 bits per heavy atom. The molecule has 3 rings (SSSR count). The average molecular weight is 215 g/mol. The lowest BCUT2D eigenvalue weighted by Gasteiger charge is -1.93. The van der Waals surface area contributed by atoms with Crippen molar-refractivity contribution in [1.82, 2.24) is 14.8 Å². The number of nitrogens with zero attached hydrogens (tertiary/aromatic N) is 3. The summed E-state index contributed by atoms with van der Waals surface area (Å²) < 4.78 is 12.5. The summed E-state index contributed by atoms with van der Waals surface area (Å²) in [6.45, 7) is 0. The highest BCUT2D eigenvalue weighted by atomic mass is 16.6. The molecule has 3 aromatic rings. The van der Waals surface area contributed by atoms with Gasteiger partial charge in [-0.3, -0.25) is 4.68 Å². The van der Waals surface area contributed by atoms with E-state index >= 15 is 0 Å². The molecule has 0 aliphatic heterocycles. The largest absolute Gasteiger partial charge is 0.409 e. The van der Waals surface area contributed by atoms with E-state index in [9.17, 15) is 0 Å². The quantitative estimate of drug-likeness (QED) is 0.658. The van der Waals surface area contributed by atoms with Gasteiger partial charge in [0, 0.05) is 7.05 Å². The summed E-state index contributed by atoms with van der Waals surface area (Å²) in [5.74, 6) is 0.606. The van der Waals surface area contributed by atoms with Gasteiger partial charge in [-0.2, -0.15) is 10.1 Å². The molecule has 0 fully saturated rings. The first kappa shape index (κ1) is 8.96. The van der Waals surface area contributed by atoms with Crippen LogP contribution in [0.15, 0.2) is 41.1 Å². The summed E-state index contributed by atoms with van der Waals surface area (Å²) in [7, 11) is 1.82. The van der Waals surface area contributed by atoms with Gasteiger partial charge in [-0.05, 0) is 12.1 Å². The molecular formula is C11H9N3O2. The Morgan fingerprint density at radius 3 is 2.94 bits per heavy atom. The van der Waals surface area contributed by atoms with E-state index in [1.807, 2.05) is 31.3 Å². The zero-order chi connectivity index (χ0) is 11.0. The lowest BCUT2D eigenvalue weighted by Crippen LogP contribution is -1.84. The monoisotopic (exact) mass is 215 g/mol. The van der Waals surface area contributed by atoms with Crippen molar-refractivity contribution in [2.24, 2.45) is 7.05 Å². The molecule has 16 heavy (non-hydrogen) atoms. The molecular weight excluding hydrogens is 206 g/mol. The van der Waals surface area contributed by atoms with Crippen LogP contribution in [0.5, 0.6) is 11.8 Å². The third kappa shape index (κ3) is 1.52. The van der Waals surface area contributed by atoms with Gasteiger partial charge in [-0.25, -0.2) is 0 Å². The van der Waals surface area contributed by atoms with E-state index in [1.54, 1.807) is 17.1 Å². The lowest BCUT2D eigenvalue weighted by molar-refractivity contribution is 0.343. The van der Waals surface area contributed by atoms with Crippen LogP contribution in [-0.2, 0) is 7.05 Å². The van der Waals surface area contributed by atoms with Crippen LogP contribution in [0, 0.1) is 0 Å². The number of ether oxygens (including phenoxy) is 1. The van der Waals surface area contributed by atoms with Crippen LogP contribution in [0.2, 0.25) is 0 Å². The Bertz CT molecular complexity index is 594. The van der Waals surface area contributed by atoms with Crippen LogP contribution < -0.4 is 4.74 Å². The van der Waals surface area contributed by atoms with Crippen LogP contribution >= 0.6 is 0 Å². The third-order valence-electron chi connectivity index (χ3n) is 2.16. The summed E-state index contributed by atoms with van der Waals surface area (Å²) in [5, 5.41) is 3.99. The summed E-state index contributed by atoms with van der Waals surface area (Å²) in [5.41, 5.74) is 1.49. The zero-order valence-corrected chi connectivity index (χ0v) is 8.62. The van der Waals surface area contributed by atoms with Crippen LogP contribution in [0.25, 0.3) is 11.1 Å². The summed E-state index contributed by atoms with van der Waals surface area (Å²) in [6, 6.07) is 7.51. The minimum absolute atomic E-state index is 0.231. The molecule has 0 atom stereocenters. The fraction of sp³-hybridized carbons (Fsp3) is 0.0909. The zero-order valence-electron chi connectivity index (χ0n) is 8.62. The first-order valence-electron chi connectivity index (χ1n) is 4.83. The molecule has 0 aliphatic rings. The fourth-order valence-electron chi connectivity index (χ4n) is 1.45. The van der Waals surface area contributed by atoms with Crippen LogP contribution in [0.1, 0.15) is 0 Å². The second-order valence-corrected chi connectivity index (χ2v) is 3.40. The maximum absolute atomic E-state index is 5.42. The molecule has 0 bridgehead atoms. The average Bonchev–Trinajstić information content (AvgIpc) is 2.84. The smallest absolute Gasteiger partial charge is 0.400 e. The van der Waals surface area contributed by atoms with Crippen LogP contribution in [0.4, 0.5) is 0 Å². The molecule has 0 amide bonds. The number of aryl methyl sites for hydroxylation is 1. The maximum Gasteiger partial charge on any atom is 0.400 e. The van der Waals surface area contributed by atoms with Crippen molar-refractivity contribution in [3.05, 3.63) is 36.7 Å². The first-order valence-corrected chi connectivity index (χ1v) is 4.83. The number of para-hydroxylation sites is 2. The maximum atomic E-state index is 5.42. The minimum atomic E-state index is 0.231. The highest BCUT2D eigenvalue weighted by molar-refractivity contribution is 5.72. The van der Waals surface area contributed by atoms with Gasteiger partial charge in [0.1, 0.15) is 5.52 Å². The topological polar surface area (TPSA) is 53.1 Å². The van der Waals surface area contributed by atoms with Crippen molar-refractivity contribution < 1.29 is 9.15 Å². The third-order valence-corrected chi connectivity index (χ3v) is 2.16. The molecule has 0 saturated carbocycles. The molecule has 2 heterocycles. The number of benzene rings is 1. The summed E-state index contributed by atoms with van der Waals surface area (Å²) in [4.78, 5) is 4.19. The van der Waals surface area contributed by atoms with Crippen LogP contribution in [-0.4, -0.2) is 14.8 Å². The van der Waals surface area contributed by atoms with E-state index in [4.69, 9.17) is 9.15 Å². The molecule has 1 aromatic carbocycles. The molecule has 80 valence electrons. The Balaban J connectivity index is 1.95. The van der Waals surface area contributed by atoms with Gasteiger partial charge in [0.2, 0.25) is 0 Å². The molecule has 0 saturated heterocycles. The van der Waals surface area contributed by atoms with Gasteiger partial charge in [0.25, 0.3) is 0 Å². The number of hydrogen-bond donors (Lipinski definition) is 0. The second kappa shape index (κ2) is 3.37. The predicted octanol–water partition coefficient (Wildman–Crippen LogP) is 2.35. The van der Waals surface area contributed by atoms with Crippen molar-refractivity contribution in [2.75, 3.05) is 0 Å². The van der Waals surface area contributed by atoms with Crippen LogP contribution in [0.3, 0.4) is 0 Å². The fourth-order valence-corrected chi connectivity index (χ4v) is 1.45. The predicted molar refractivity (Wildman–Crippen MR) is 57.3 cm³/mol. The summed E-state index contributed by atoms with van der Waals surface area (Å²) >= 11 is 0.